The van der Waals surface area contributed by atoms with Gasteiger partial charge in [-0.3, -0.25) is 0 Å². The molecule has 0 aromatic heterocycles. The Morgan fingerprint density at radius 1 is 1.14 bits per heavy atom. The van der Waals surface area contributed by atoms with Crippen LogP contribution >= 0.6 is 0 Å². The van der Waals surface area contributed by atoms with Crippen molar-refractivity contribution in [2.24, 2.45) is 0 Å². The summed E-state index contributed by atoms with van der Waals surface area (Å²) in [7, 11) is 0. The number of hydrogen-bond acceptors (Lipinski definition) is 0. The van der Waals surface area contributed by atoms with Crippen molar-refractivity contribution in [2.45, 2.75) is 59.7 Å². The van der Waals surface area contributed by atoms with Gasteiger partial charge in [0.2, 0.25) is 0 Å². The summed E-state index contributed by atoms with van der Waals surface area (Å²) < 4.78 is 0. The summed E-state index contributed by atoms with van der Waals surface area (Å²) in [6, 6.07) is 0. The predicted octanol–water partition coefficient (Wildman–Crippen LogP) is -0.0269. The Kier molecular flexibility index (Phi) is 117. The molecule has 0 spiro atoms. The van der Waals surface area contributed by atoms with Crippen LogP contribution in [0.1, 0.15) is 54.4 Å². The fourth-order valence-corrected chi connectivity index (χ4v) is 1.50. The first-order chi connectivity index (χ1) is 4.83. The van der Waals surface area contributed by atoms with E-state index in [1.807, 2.05) is 0 Å². The summed E-state index contributed by atoms with van der Waals surface area (Å²) in [6.45, 7) is 7.96. The van der Waals surface area contributed by atoms with Crippen molar-refractivity contribution < 1.29 is 18.9 Å². The Morgan fingerprint density at radius 3 is 1.57 bits per heavy atom. The number of rotatable bonds is 4. The van der Waals surface area contributed by atoms with Gasteiger partial charge >= 0.3 is 89.6 Å². The normalized spacial score (nSPS) is 6.07. The van der Waals surface area contributed by atoms with E-state index in [9.17, 15) is 0 Å². The van der Waals surface area contributed by atoms with Gasteiger partial charge in [-0.05, 0) is 0 Å². The van der Waals surface area contributed by atoms with E-state index in [1.54, 1.807) is 0 Å². The van der Waals surface area contributed by atoms with Crippen molar-refractivity contribution in [3.05, 3.63) is 6.92 Å². The average molecular weight is 320 g/mol. The third kappa shape index (κ3) is 64.1. The molecule has 0 amide bonds. The van der Waals surface area contributed by atoms with E-state index in [-0.39, 0.29) is 50.8 Å². The second-order valence-corrected chi connectivity index (χ2v) is 4.27. The molecule has 0 rings (SSSR count). The van der Waals surface area contributed by atoms with Crippen LogP contribution in [0.25, 0.3) is 0 Å². The molecular formula is C10H28Li2Se2. The molecule has 0 atom stereocenters. The third-order valence-electron chi connectivity index (χ3n) is 1.06. The second-order valence-electron chi connectivity index (χ2n) is 2.20. The van der Waals surface area contributed by atoms with Gasteiger partial charge in [0, 0.05) is 0 Å². The van der Waals surface area contributed by atoms with Crippen LogP contribution in [0.2, 0.25) is 5.32 Å². The van der Waals surface area contributed by atoms with Gasteiger partial charge in [-0.2, -0.15) is 6.42 Å². The van der Waals surface area contributed by atoms with E-state index in [4.69, 9.17) is 0 Å². The molecule has 0 aliphatic carbocycles. The van der Waals surface area contributed by atoms with E-state index >= 15 is 0 Å². The minimum absolute atomic E-state index is 0. The van der Waals surface area contributed by atoms with Crippen molar-refractivity contribution in [1.29, 1.82) is 0 Å². The molecule has 0 aliphatic heterocycles. The molecular weight excluding hydrogens is 292 g/mol. The summed E-state index contributed by atoms with van der Waals surface area (Å²) in [5.74, 6) is 0. The van der Waals surface area contributed by atoms with Gasteiger partial charge in [0.05, 0.1) is 0 Å². The van der Waals surface area contributed by atoms with E-state index in [1.165, 1.54) is 24.6 Å². The van der Waals surface area contributed by atoms with Gasteiger partial charge in [-0.15, -0.1) is 0 Å². The molecule has 0 bridgehead atoms. The average Bonchev–Trinajstić information content (AvgIpc) is 2.01. The molecule has 0 aliphatic rings. The predicted molar refractivity (Wildman–Crippen MR) is 73.5 cm³/mol. The van der Waals surface area contributed by atoms with Crippen LogP contribution in [0.3, 0.4) is 0 Å². The van der Waals surface area contributed by atoms with E-state index in [2.05, 4.69) is 36.5 Å². The van der Waals surface area contributed by atoms with Gasteiger partial charge in [-0.25, -0.2) is 0 Å². The minimum atomic E-state index is 0. The van der Waals surface area contributed by atoms with Crippen LogP contribution in [0.15, 0.2) is 0 Å². The molecule has 0 heterocycles. The van der Waals surface area contributed by atoms with Gasteiger partial charge in [0.1, 0.15) is 0 Å². The zero-order valence-corrected chi connectivity index (χ0v) is 13.0. The van der Waals surface area contributed by atoms with Gasteiger partial charge in [-0.1, -0.05) is 28.2 Å². The summed E-state index contributed by atoms with van der Waals surface area (Å²) in [5, 5.41) is 1.48. The molecule has 0 saturated heterocycles. The topological polar surface area (TPSA) is 0 Å². The van der Waals surface area contributed by atoms with Gasteiger partial charge < -0.3 is 6.92 Å². The zero-order chi connectivity index (χ0) is 8.24. The molecule has 82 valence electrons. The SMILES string of the molecule is C.C.[CH2-]CCC.[Li+].[Li][Se]CCCC.[SeH2]. The van der Waals surface area contributed by atoms with Crippen molar-refractivity contribution in [3.8, 4) is 0 Å². The quantitative estimate of drug-likeness (QED) is 0.388. The summed E-state index contributed by atoms with van der Waals surface area (Å²) in [6.07, 6.45) is 5.09. The molecule has 0 aromatic rings. The molecule has 0 saturated carbocycles. The molecule has 0 N–H and O–H groups in total. The van der Waals surface area contributed by atoms with E-state index in [0.29, 0.717) is 0 Å². The Morgan fingerprint density at radius 2 is 1.50 bits per heavy atom. The zero-order valence-electron chi connectivity index (χ0n) is 9.15. The first-order valence-electron chi connectivity index (χ1n) is 4.11. The van der Waals surface area contributed by atoms with Crippen LogP contribution in [-0.2, 0) is 0 Å². The van der Waals surface area contributed by atoms with Crippen LogP contribution in [0, 0.1) is 6.92 Å². The van der Waals surface area contributed by atoms with Gasteiger partial charge in [0.25, 0.3) is 0 Å². The van der Waals surface area contributed by atoms with Crippen molar-refractivity contribution in [3.63, 3.8) is 0 Å². The summed E-state index contributed by atoms with van der Waals surface area (Å²) >= 11 is 3.22. The molecule has 0 aromatic carbocycles. The fraction of sp³-hybridized carbons (Fsp3) is 0.900. The van der Waals surface area contributed by atoms with Crippen LogP contribution in [0.4, 0.5) is 0 Å². The van der Waals surface area contributed by atoms with Crippen molar-refractivity contribution >= 4 is 45.6 Å². The molecule has 4 heteroatoms. The monoisotopic (exact) mass is 322 g/mol. The Hall–Kier alpha value is 2.23. The first kappa shape index (κ1) is 36.0. The number of hydrogen-bond donors (Lipinski definition) is 0. The molecule has 0 fully saturated rings. The summed E-state index contributed by atoms with van der Waals surface area (Å²) in [4.78, 5) is 0. The van der Waals surface area contributed by atoms with Gasteiger partial charge in [0.15, 0.2) is 0 Å². The molecule has 0 unspecified atom stereocenters. The van der Waals surface area contributed by atoms with Crippen molar-refractivity contribution in [1.82, 2.24) is 0 Å². The number of unbranched alkanes of at least 4 members (excludes halogenated alkanes) is 2. The standard InChI is InChI=1S/C4H10Se.C4H9.2CH4.2Li.H2Se/c1-2-3-4-5;1-3-4-2;;;;;/h5H,2-4H2,1H3;1,3-4H2,2H3;2*1H4;;;1H2/q;-1;;;2*+1;/p-1. The molecule has 0 nitrogen and oxygen atoms in total. The van der Waals surface area contributed by atoms with Crippen LogP contribution in [0.5, 0.6) is 0 Å². The Labute approximate surface area is 130 Å². The van der Waals surface area contributed by atoms with Crippen LogP contribution < -0.4 is 18.9 Å². The Bertz CT molecular complexity index is 41.1. The van der Waals surface area contributed by atoms with E-state index < -0.39 is 0 Å². The molecule has 0 radical (unpaired) electrons. The van der Waals surface area contributed by atoms with Crippen LogP contribution in [-0.4, -0.2) is 45.6 Å². The van der Waals surface area contributed by atoms with E-state index in [0.717, 1.165) is 19.2 Å². The summed E-state index contributed by atoms with van der Waals surface area (Å²) in [5.41, 5.74) is 0. The maximum absolute atomic E-state index is 3.60. The second kappa shape index (κ2) is 45.5. The fourth-order valence-electron chi connectivity index (χ4n) is 0.289. The maximum atomic E-state index is 3.60. The molecule has 14 heavy (non-hydrogen) atoms. The third-order valence-corrected chi connectivity index (χ3v) is 2.52. The van der Waals surface area contributed by atoms with Crippen molar-refractivity contribution in [2.75, 3.05) is 0 Å². The first-order valence-corrected chi connectivity index (χ1v) is 7.04. The Balaban J connectivity index is -0.0000000185.